The molecule has 1 aromatic carbocycles. The van der Waals surface area contributed by atoms with Gasteiger partial charge in [-0.1, -0.05) is 37.8 Å². The highest BCUT2D eigenvalue weighted by Gasteiger charge is 2.24. The SMILES string of the molecule is COc1ccccc1N1CC[NH+](CC(=O)NC2CCCCCC2)CC1. The van der Waals surface area contributed by atoms with E-state index in [4.69, 9.17) is 4.74 Å². The molecule has 1 amide bonds. The van der Waals surface area contributed by atoms with Gasteiger partial charge in [-0.3, -0.25) is 4.79 Å². The number of anilines is 1. The lowest BCUT2D eigenvalue weighted by Crippen LogP contribution is -3.16. The Labute approximate surface area is 151 Å². The fourth-order valence-electron chi connectivity index (χ4n) is 4.06. The molecule has 3 rings (SSSR count). The molecule has 2 aliphatic rings. The summed E-state index contributed by atoms with van der Waals surface area (Å²) in [6, 6.07) is 8.58. The van der Waals surface area contributed by atoms with E-state index in [9.17, 15) is 4.79 Å². The van der Waals surface area contributed by atoms with Gasteiger partial charge in [0.2, 0.25) is 0 Å². The Morgan fingerprint density at radius 2 is 1.84 bits per heavy atom. The van der Waals surface area contributed by atoms with Gasteiger partial charge in [-0.05, 0) is 25.0 Å². The van der Waals surface area contributed by atoms with E-state index in [1.54, 1.807) is 7.11 Å². The third-order valence-corrected chi connectivity index (χ3v) is 5.53. The summed E-state index contributed by atoms with van der Waals surface area (Å²) in [7, 11) is 1.72. The van der Waals surface area contributed by atoms with Crippen molar-refractivity contribution in [2.24, 2.45) is 0 Å². The standard InChI is InChI=1S/C20H31N3O2/c1-25-19-11-7-6-10-18(19)23-14-12-22(13-15-23)16-20(24)21-17-8-4-2-3-5-9-17/h6-7,10-11,17H,2-5,8-9,12-16H2,1H3,(H,21,24)/p+1. The second-order valence-corrected chi connectivity index (χ2v) is 7.34. The molecule has 25 heavy (non-hydrogen) atoms. The van der Waals surface area contributed by atoms with Crippen molar-refractivity contribution in [2.45, 2.75) is 44.6 Å². The van der Waals surface area contributed by atoms with E-state index in [1.165, 1.54) is 30.6 Å². The molecule has 1 aliphatic carbocycles. The van der Waals surface area contributed by atoms with Crippen LogP contribution in [0.3, 0.4) is 0 Å². The van der Waals surface area contributed by atoms with Gasteiger partial charge in [0.25, 0.3) is 5.91 Å². The molecule has 0 atom stereocenters. The maximum atomic E-state index is 12.4. The lowest BCUT2D eigenvalue weighted by atomic mass is 10.1. The molecule has 1 saturated heterocycles. The summed E-state index contributed by atoms with van der Waals surface area (Å²) in [5, 5.41) is 3.27. The van der Waals surface area contributed by atoms with Gasteiger partial charge in [-0.2, -0.15) is 0 Å². The number of methoxy groups -OCH3 is 1. The first-order valence-corrected chi connectivity index (χ1v) is 9.77. The highest BCUT2D eigenvalue weighted by atomic mass is 16.5. The van der Waals surface area contributed by atoms with E-state index in [0.717, 1.165) is 50.5 Å². The first kappa shape index (κ1) is 18.1. The maximum absolute atomic E-state index is 12.4. The lowest BCUT2D eigenvalue weighted by Gasteiger charge is -2.34. The number of para-hydroxylation sites is 2. The molecule has 1 aliphatic heterocycles. The molecule has 1 aromatic rings. The van der Waals surface area contributed by atoms with Crippen LogP contribution < -0.4 is 19.9 Å². The van der Waals surface area contributed by atoms with Crippen LogP contribution in [0.4, 0.5) is 5.69 Å². The quantitative estimate of drug-likeness (QED) is 0.789. The first-order chi connectivity index (χ1) is 12.3. The average Bonchev–Trinajstić information content (AvgIpc) is 2.91. The van der Waals surface area contributed by atoms with Crippen molar-refractivity contribution in [1.29, 1.82) is 0 Å². The Morgan fingerprint density at radius 3 is 2.52 bits per heavy atom. The molecule has 0 radical (unpaired) electrons. The van der Waals surface area contributed by atoms with Crippen LogP contribution in [0.1, 0.15) is 38.5 Å². The lowest BCUT2D eigenvalue weighted by molar-refractivity contribution is -0.892. The highest BCUT2D eigenvalue weighted by Crippen LogP contribution is 2.27. The van der Waals surface area contributed by atoms with Crippen LogP contribution in [-0.4, -0.2) is 51.8 Å². The fourth-order valence-corrected chi connectivity index (χ4v) is 4.06. The van der Waals surface area contributed by atoms with Crippen molar-refractivity contribution in [1.82, 2.24) is 5.32 Å². The van der Waals surface area contributed by atoms with E-state index in [0.29, 0.717) is 12.6 Å². The zero-order valence-electron chi connectivity index (χ0n) is 15.4. The van der Waals surface area contributed by atoms with Gasteiger partial charge in [0.05, 0.1) is 39.0 Å². The predicted molar refractivity (Wildman–Crippen MR) is 100 cm³/mol. The molecule has 0 spiro atoms. The van der Waals surface area contributed by atoms with E-state index in [-0.39, 0.29) is 5.91 Å². The molecule has 2 N–H and O–H groups in total. The van der Waals surface area contributed by atoms with E-state index >= 15 is 0 Å². The predicted octanol–water partition coefficient (Wildman–Crippen LogP) is 1.24. The van der Waals surface area contributed by atoms with Crippen LogP contribution in [-0.2, 0) is 4.79 Å². The number of hydrogen-bond donors (Lipinski definition) is 2. The maximum Gasteiger partial charge on any atom is 0.275 e. The second-order valence-electron chi connectivity index (χ2n) is 7.34. The number of benzene rings is 1. The van der Waals surface area contributed by atoms with E-state index in [2.05, 4.69) is 22.3 Å². The van der Waals surface area contributed by atoms with Crippen LogP contribution >= 0.6 is 0 Å². The Hall–Kier alpha value is -1.75. The molecule has 5 heteroatoms. The van der Waals surface area contributed by atoms with Crippen molar-refractivity contribution >= 4 is 11.6 Å². The molecule has 1 saturated carbocycles. The number of piperazine rings is 1. The number of rotatable bonds is 5. The van der Waals surface area contributed by atoms with Crippen LogP contribution in [0.5, 0.6) is 5.75 Å². The Balaban J connectivity index is 1.45. The van der Waals surface area contributed by atoms with Crippen LogP contribution in [0.2, 0.25) is 0 Å². The number of carbonyl (C=O) groups is 1. The second kappa shape index (κ2) is 9.09. The number of amides is 1. The number of nitrogens with zero attached hydrogens (tertiary/aromatic N) is 1. The van der Waals surface area contributed by atoms with Gasteiger partial charge in [-0.15, -0.1) is 0 Å². The number of quaternary nitrogens is 1. The van der Waals surface area contributed by atoms with Gasteiger partial charge < -0.3 is 19.9 Å². The number of hydrogen-bond acceptors (Lipinski definition) is 3. The largest absolute Gasteiger partial charge is 0.495 e. The molecule has 5 nitrogen and oxygen atoms in total. The number of ether oxygens (including phenoxy) is 1. The van der Waals surface area contributed by atoms with E-state index in [1.807, 2.05) is 12.1 Å². The molecule has 0 bridgehead atoms. The molecule has 138 valence electrons. The smallest absolute Gasteiger partial charge is 0.275 e. The van der Waals surface area contributed by atoms with Gasteiger partial charge in [0.1, 0.15) is 5.75 Å². The number of nitrogens with one attached hydrogen (secondary N) is 2. The van der Waals surface area contributed by atoms with Crippen molar-refractivity contribution in [3.8, 4) is 5.75 Å². The van der Waals surface area contributed by atoms with Crippen molar-refractivity contribution in [3.05, 3.63) is 24.3 Å². The van der Waals surface area contributed by atoms with Gasteiger partial charge in [0, 0.05) is 6.04 Å². The zero-order chi connectivity index (χ0) is 17.5. The van der Waals surface area contributed by atoms with Crippen molar-refractivity contribution in [2.75, 3.05) is 44.7 Å². The minimum Gasteiger partial charge on any atom is -0.495 e. The summed E-state index contributed by atoms with van der Waals surface area (Å²) in [6.45, 7) is 4.53. The number of carbonyl (C=O) groups excluding carboxylic acids is 1. The first-order valence-electron chi connectivity index (χ1n) is 9.77. The average molecular weight is 346 g/mol. The van der Waals surface area contributed by atoms with Crippen molar-refractivity contribution < 1.29 is 14.4 Å². The van der Waals surface area contributed by atoms with Crippen LogP contribution in [0.25, 0.3) is 0 Å². The molecule has 0 aromatic heterocycles. The van der Waals surface area contributed by atoms with Crippen molar-refractivity contribution in [3.63, 3.8) is 0 Å². The molecule has 0 unspecified atom stereocenters. The highest BCUT2D eigenvalue weighted by molar-refractivity contribution is 5.77. The molecular weight excluding hydrogens is 314 g/mol. The molecule has 2 fully saturated rings. The van der Waals surface area contributed by atoms with Gasteiger partial charge in [0.15, 0.2) is 6.54 Å². The Morgan fingerprint density at radius 1 is 1.16 bits per heavy atom. The molecular formula is C20H32N3O2+. The minimum atomic E-state index is 0.229. The molecule has 1 heterocycles. The van der Waals surface area contributed by atoms with Gasteiger partial charge in [-0.25, -0.2) is 0 Å². The monoisotopic (exact) mass is 346 g/mol. The topological polar surface area (TPSA) is 46.0 Å². The zero-order valence-corrected chi connectivity index (χ0v) is 15.4. The summed E-state index contributed by atoms with van der Waals surface area (Å²) < 4.78 is 5.47. The summed E-state index contributed by atoms with van der Waals surface area (Å²) in [4.78, 5) is 16.1. The fraction of sp³-hybridized carbons (Fsp3) is 0.650. The minimum absolute atomic E-state index is 0.229. The Bertz CT molecular complexity index is 548. The third-order valence-electron chi connectivity index (χ3n) is 5.53. The summed E-state index contributed by atoms with van der Waals surface area (Å²) in [6.07, 6.45) is 7.47. The summed E-state index contributed by atoms with van der Waals surface area (Å²) in [5.41, 5.74) is 1.16. The van der Waals surface area contributed by atoms with Crippen LogP contribution in [0, 0.1) is 0 Å². The third kappa shape index (κ3) is 5.11. The summed E-state index contributed by atoms with van der Waals surface area (Å²) >= 11 is 0. The summed E-state index contributed by atoms with van der Waals surface area (Å²) in [5.74, 6) is 1.16. The van der Waals surface area contributed by atoms with Gasteiger partial charge >= 0.3 is 0 Å². The Kier molecular flexibility index (Phi) is 6.56. The normalized spacial score (nSPS) is 20.1. The van der Waals surface area contributed by atoms with Crippen LogP contribution in [0.15, 0.2) is 24.3 Å². The van der Waals surface area contributed by atoms with E-state index < -0.39 is 0 Å².